The Morgan fingerprint density at radius 2 is 1.94 bits per heavy atom. The lowest BCUT2D eigenvalue weighted by atomic mass is 9.98. The van der Waals surface area contributed by atoms with Gasteiger partial charge in [0.1, 0.15) is 0 Å². The third kappa shape index (κ3) is 7.05. The van der Waals surface area contributed by atoms with Gasteiger partial charge < -0.3 is 9.64 Å². The van der Waals surface area contributed by atoms with Crippen LogP contribution in [0.1, 0.15) is 52.9 Å². The lowest BCUT2D eigenvalue weighted by Gasteiger charge is -2.31. The molecule has 1 aliphatic heterocycles. The minimum Gasteiger partial charge on any atom is -0.381 e. The van der Waals surface area contributed by atoms with E-state index in [-0.39, 0.29) is 0 Å². The van der Waals surface area contributed by atoms with Gasteiger partial charge in [0.25, 0.3) is 0 Å². The van der Waals surface area contributed by atoms with Crippen LogP contribution in [0.2, 0.25) is 0 Å². The van der Waals surface area contributed by atoms with Crippen molar-refractivity contribution >= 4 is 0 Å². The third-order valence-corrected chi connectivity index (χ3v) is 3.67. The normalized spacial score (nSPS) is 19.1. The van der Waals surface area contributed by atoms with Gasteiger partial charge in [0.15, 0.2) is 0 Å². The Labute approximate surface area is 108 Å². The maximum absolute atomic E-state index is 5.80. The number of piperidine rings is 1. The quantitative estimate of drug-likeness (QED) is 0.602. The number of hydrogen-bond acceptors (Lipinski definition) is 2. The topological polar surface area (TPSA) is 12.5 Å². The van der Waals surface area contributed by atoms with Gasteiger partial charge in [-0.15, -0.1) is 0 Å². The Balaban J connectivity index is 1.95. The summed E-state index contributed by atoms with van der Waals surface area (Å²) in [5.74, 6) is 1.64. The van der Waals surface area contributed by atoms with E-state index in [0.717, 1.165) is 25.0 Å². The lowest BCUT2D eigenvalue weighted by Crippen LogP contribution is -2.35. The van der Waals surface area contributed by atoms with Crippen LogP contribution in [0.5, 0.6) is 0 Å². The minimum absolute atomic E-state index is 0.816. The second-order valence-electron chi connectivity index (χ2n) is 5.90. The van der Waals surface area contributed by atoms with Crippen molar-refractivity contribution in [2.75, 3.05) is 32.8 Å². The van der Waals surface area contributed by atoms with Gasteiger partial charge in [-0.25, -0.2) is 0 Å². The van der Waals surface area contributed by atoms with E-state index in [9.17, 15) is 0 Å². The second-order valence-corrected chi connectivity index (χ2v) is 5.90. The Hall–Kier alpha value is -0.0800. The van der Waals surface area contributed by atoms with Crippen molar-refractivity contribution < 1.29 is 4.74 Å². The van der Waals surface area contributed by atoms with Crippen LogP contribution in [0.25, 0.3) is 0 Å². The molecule has 1 aliphatic rings. The molecule has 0 unspecified atom stereocenters. The van der Waals surface area contributed by atoms with Crippen molar-refractivity contribution in [3.8, 4) is 0 Å². The highest BCUT2D eigenvalue weighted by molar-refractivity contribution is 4.71. The van der Waals surface area contributed by atoms with Gasteiger partial charge >= 0.3 is 0 Å². The highest BCUT2D eigenvalue weighted by Gasteiger charge is 2.18. The van der Waals surface area contributed by atoms with Gasteiger partial charge in [-0.05, 0) is 63.6 Å². The molecule has 0 spiro atoms. The molecule has 102 valence electrons. The van der Waals surface area contributed by atoms with Crippen LogP contribution in [0.3, 0.4) is 0 Å². The molecule has 0 radical (unpaired) electrons. The standard InChI is InChI=1S/C15H31NO/c1-4-9-16-10-7-15(8-11-16)13-17-12-5-6-14(2)3/h14-15H,4-13H2,1-3H3. The van der Waals surface area contributed by atoms with E-state index in [4.69, 9.17) is 4.74 Å². The van der Waals surface area contributed by atoms with Gasteiger partial charge in [0.05, 0.1) is 0 Å². The molecule has 1 heterocycles. The maximum atomic E-state index is 5.80. The van der Waals surface area contributed by atoms with Crippen molar-refractivity contribution in [2.24, 2.45) is 11.8 Å². The second kappa shape index (κ2) is 8.93. The SMILES string of the molecule is CCCN1CCC(COCCCC(C)C)CC1. The van der Waals surface area contributed by atoms with Crippen LogP contribution in [0.4, 0.5) is 0 Å². The van der Waals surface area contributed by atoms with Crippen molar-refractivity contribution in [2.45, 2.75) is 52.9 Å². The van der Waals surface area contributed by atoms with Gasteiger partial charge in [-0.2, -0.15) is 0 Å². The van der Waals surface area contributed by atoms with E-state index >= 15 is 0 Å². The first kappa shape index (κ1) is 15.0. The molecule has 17 heavy (non-hydrogen) atoms. The number of nitrogens with zero attached hydrogens (tertiary/aromatic N) is 1. The molecule has 0 N–H and O–H groups in total. The van der Waals surface area contributed by atoms with Crippen molar-refractivity contribution in [3.05, 3.63) is 0 Å². The number of rotatable bonds is 8. The summed E-state index contributed by atoms with van der Waals surface area (Å²) in [7, 11) is 0. The minimum atomic E-state index is 0.816. The predicted octanol–water partition coefficient (Wildman–Crippen LogP) is 3.56. The summed E-state index contributed by atoms with van der Waals surface area (Å²) in [6, 6.07) is 0. The summed E-state index contributed by atoms with van der Waals surface area (Å²) in [5, 5.41) is 0. The lowest BCUT2D eigenvalue weighted by molar-refractivity contribution is 0.0640. The Bertz CT molecular complexity index is 174. The summed E-state index contributed by atoms with van der Waals surface area (Å²) >= 11 is 0. The first-order valence-corrected chi connectivity index (χ1v) is 7.52. The molecule has 1 saturated heterocycles. The van der Waals surface area contributed by atoms with Gasteiger partial charge in [0.2, 0.25) is 0 Å². The molecule has 0 saturated carbocycles. The van der Waals surface area contributed by atoms with Crippen LogP contribution in [0, 0.1) is 11.8 Å². The van der Waals surface area contributed by atoms with E-state index in [1.165, 1.54) is 51.7 Å². The molecule has 0 bridgehead atoms. The number of likely N-dealkylation sites (tertiary alicyclic amines) is 1. The predicted molar refractivity (Wildman–Crippen MR) is 74.3 cm³/mol. The van der Waals surface area contributed by atoms with Crippen LogP contribution in [-0.4, -0.2) is 37.7 Å². The van der Waals surface area contributed by atoms with E-state index in [1.54, 1.807) is 0 Å². The summed E-state index contributed by atoms with van der Waals surface area (Å²) < 4.78 is 5.80. The first-order valence-electron chi connectivity index (χ1n) is 7.52. The summed E-state index contributed by atoms with van der Waals surface area (Å²) in [6.07, 6.45) is 6.49. The molecule has 0 amide bonds. The molecule has 2 nitrogen and oxygen atoms in total. The largest absolute Gasteiger partial charge is 0.381 e. The maximum Gasteiger partial charge on any atom is 0.0495 e. The number of ether oxygens (including phenoxy) is 1. The van der Waals surface area contributed by atoms with Crippen LogP contribution < -0.4 is 0 Å². The van der Waals surface area contributed by atoms with Crippen molar-refractivity contribution in [1.29, 1.82) is 0 Å². The van der Waals surface area contributed by atoms with Crippen LogP contribution >= 0.6 is 0 Å². The Morgan fingerprint density at radius 3 is 2.53 bits per heavy atom. The monoisotopic (exact) mass is 241 g/mol. The molecule has 0 aliphatic carbocycles. The highest BCUT2D eigenvalue weighted by atomic mass is 16.5. The highest BCUT2D eigenvalue weighted by Crippen LogP contribution is 2.17. The Kier molecular flexibility index (Phi) is 7.87. The van der Waals surface area contributed by atoms with E-state index in [2.05, 4.69) is 25.7 Å². The van der Waals surface area contributed by atoms with Crippen molar-refractivity contribution in [3.63, 3.8) is 0 Å². The van der Waals surface area contributed by atoms with Gasteiger partial charge in [-0.3, -0.25) is 0 Å². The zero-order valence-corrected chi connectivity index (χ0v) is 12.1. The average molecular weight is 241 g/mol. The molecule has 1 rings (SSSR count). The molecule has 0 aromatic heterocycles. The fraction of sp³-hybridized carbons (Fsp3) is 1.00. The number of hydrogen-bond donors (Lipinski definition) is 0. The summed E-state index contributed by atoms with van der Waals surface area (Å²) in [6.45, 7) is 12.6. The van der Waals surface area contributed by atoms with Gasteiger partial charge in [0, 0.05) is 13.2 Å². The van der Waals surface area contributed by atoms with Crippen molar-refractivity contribution in [1.82, 2.24) is 4.90 Å². The average Bonchev–Trinajstić information content (AvgIpc) is 2.31. The van der Waals surface area contributed by atoms with Crippen LogP contribution in [-0.2, 0) is 4.74 Å². The van der Waals surface area contributed by atoms with Crippen LogP contribution in [0.15, 0.2) is 0 Å². The first-order chi connectivity index (χ1) is 8.22. The Morgan fingerprint density at radius 1 is 1.24 bits per heavy atom. The zero-order chi connectivity index (χ0) is 12.5. The molecule has 0 aromatic rings. The molecule has 0 atom stereocenters. The van der Waals surface area contributed by atoms with E-state index in [0.29, 0.717) is 0 Å². The van der Waals surface area contributed by atoms with E-state index < -0.39 is 0 Å². The fourth-order valence-electron chi connectivity index (χ4n) is 2.54. The van der Waals surface area contributed by atoms with E-state index in [1.807, 2.05) is 0 Å². The summed E-state index contributed by atoms with van der Waals surface area (Å²) in [5.41, 5.74) is 0. The zero-order valence-electron chi connectivity index (χ0n) is 12.1. The molecule has 1 fully saturated rings. The fourth-order valence-corrected chi connectivity index (χ4v) is 2.54. The molecular formula is C15H31NO. The molecular weight excluding hydrogens is 210 g/mol. The smallest absolute Gasteiger partial charge is 0.0495 e. The molecule has 2 heteroatoms. The third-order valence-electron chi connectivity index (χ3n) is 3.67. The summed E-state index contributed by atoms with van der Waals surface area (Å²) in [4.78, 5) is 2.59. The van der Waals surface area contributed by atoms with Gasteiger partial charge in [-0.1, -0.05) is 20.8 Å². The molecule has 0 aromatic carbocycles.